The number of allylic oxidation sites excluding steroid dienone is 2. The molecule has 5 heteroatoms. The molecule has 2 heterocycles. The van der Waals surface area contributed by atoms with Crippen molar-refractivity contribution < 1.29 is 30.0 Å². The summed E-state index contributed by atoms with van der Waals surface area (Å²) in [7, 11) is 0. The molecule has 257 valence electrons. The molecule has 0 bridgehead atoms. The molecule has 0 atom stereocenters. The number of hydrogen-bond donors (Lipinski definition) is 1. The van der Waals surface area contributed by atoms with Crippen molar-refractivity contribution in [3.63, 3.8) is 0 Å². The molecule has 0 fully saturated rings. The van der Waals surface area contributed by atoms with E-state index >= 15 is 0 Å². The third kappa shape index (κ3) is 9.00. The van der Waals surface area contributed by atoms with Crippen LogP contribution in [-0.4, -0.2) is 15.9 Å². The second kappa shape index (κ2) is 17.9. The van der Waals surface area contributed by atoms with Gasteiger partial charge in [0.25, 0.3) is 0 Å². The number of carbonyl (C=O) groups excluding carboxylic acids is 1. The molecule has 0 spiro atoms. The van der Waals surface area contributed by atoms with Gasteiger partial charge in [-0.25, -0.2) is 0 Å². The largest absolute Gasteiger partial charge is 0.512 e. The summed E-state index contributed by atoms with van der Waals surface area (Å²) in [5, 5.41) is 11.0. The Hall–Kier alpha value is -3.50. The van der Waals surface area contributed by atoms with Crippen LogP contribution in [-0.2, 0) is 31.3 Å². The number of benzene rings is 4. The van der Waals surface area contributed by atoms with Gasteiger partial charge in [-0.2, -0.15) is 0 Å². The monoisotopic (exact) mass is 847 g/mol. The Morgan fingerprint density at radius 3 is 2.02 bits per heavy atom. The van der Waals surface area contributed by atoms with Crippen LogP contribution in [0, 0.1) is 23.8 Å². The molecule has 0 saturated heterocycles. The van der Waals surface area contributed by atoms with Crippen molar-refractivity contribution >= 4 is 28.4 Å². The van der Waals surface area contributed by atoms with E-state index in [2.05, 4.69) is 111 Å². The van der Waals surface area contributed by atoms with Gasteiger partial charge in [0.2, 0.25) is 0 Å². The molecule has 1 N–H and O–H groups in total. The first-order valence-electron chi connectivity index (χ1n) is 17.5. The quantitative estimate of drug-likeness (QED) is 0.0848. The number of pyridine rings is 1. The van der Waals surface area contributed by atoms with E-state index in [1.54, 1.807) is 0 Å². The predicted octanol–water partition coefficient (Wildman–Crippen LogP) is 12.6. The van der Waals surface area contributed by atoms with E-state index in [4.69, 9.17) is 4.98 Å². The summed E-state index contributed by atoms with van der Waals surface area (Å²) in [5.41, 5.74) is 9.54. The molecular weight excluding hydrogens is 799 g/mol. The first kappa shape index (κ1) is 38.3. The number of fused-ring (bicyclic) bond motifs is 6. The molecule has 1 aliphatic heterocycles. The average molecular weight is 847 g/mol. The topological polar surface area (TPSA) is 50.2 Å². The minimum Gasteiger partial charge on any atom is -0.512 e. The fourth-order valence-electron chi connectivity index (χ4n) is 6.54. The number of rotatable bonds is 10. The van der Waals surface area contributed by atoms with Gasteiger partial charge >= 0.3 is 0 Å². The average Bonchev–Trinajstić information content (AvgIpc) is 3.23. The van der Waals surface area contributed by atoms with Gasteiger partial charge in [0, 0.05) is 48.3 Å². The number of aromatic nitrogens is 1. The molecule has 1 radical (unpaired) electrons. The minimum atomic E-state index is 0. The van der Waals surface area contributed by atoms with E-state index in [1.165, 1.54) is 49.1 Å². The minimum absolute atomic E-state index is 0. The third-order valence-electron chi connectivity index (χ3n) is 9.32. The molecule has 1 aromatic heterocycles. The first-order chi connectivity index (χ1) is 23.3. The van der Waals surface area contributed by atoms with E-state index in [0.29, 0.717) is 5.92 Å². The fraction of sp³-hybridized carbons (Fsp3) is 0.318. The van der Waals surface area contributed by atoms with Crippen molar-refractivity contribution in [2.45, 2.75) is 83.4 Å². The zero-order valence-corrected chi connectivity index (χ0v) is 32.8. The smallest absolute Gasteiger partial charge is 0.162 e. The number of nitrogens with zero attached hydrogens (tertiary/aromatic N) is 1. The van der Waals surface area contributed by atoms with Crippen LogP contribution in [0.1, 0.15) is 72.8 Å². The van der Waals surface area contributed by atoms with Crippen LogP contribution in [0.2, 0.25) is 0 Å². The van der Waals surface area contributed by atoms with E-state index < -0.39 is 0 Å². The maximum absolute atomic E-state index is 11.7. The van der Waals surface area contributed by atoms with Crippen molar-refractivity contribution in [1.29, 1.82) is 0 Å². The fourth-order valence-corrected chi connectivity index (χ4v) is 7.61. The number of aliphatic hydroxyl groups is 1. The Labute approximate surface area is 311 Å². The number of ketones is 1. The molecule has 0 saturated carbocycles. The molecule has 0 aliphatic carbocycles. The normalized spacial score (nSPS) is 12.1. The van der Waals surface area contributed by atoms with E-state index in [0.717, 1.165) is 48.9 Å². The molecule has 49 heavy (non-hydrogen) atoms. The van der Waals surface area contributed by atoms with Crippen LogP contribution < -0.4 is 0 Å². The Morgan fingerprint density at radius 1 is 0.776 bits per heavy atom. The van der Waals surface area contributed by atoms with Gasteiger partial charge in [-0.15, -0.1) is 35.5 Å². The Morgan fingerprint density at radius 2 is 1.37 bits per heavy atom. The molecule has 5 aromatic rings. The third-order valence-corrected chi connectivity index (χ3v) is 10.4. The number of aliphatic hydroxyl groups excluding tert-OH is 1. The van der Waals surface area contributed by atoms with Gasteiger partial charge in [0.05, 0.1) is 11.3 Å². The SMILES string of the molecule is CC(C)Cc1cc(-c2[c-]cc3c(c2)-c2ccccc2-c2ccccc2S3)nc2ccccc12.CCC(CC)C(=O)/C=C(\O)C(CC)CC.[Ir]. The van der Waals surface area contributed by atoms with Crippen molar-refractivity contribution in [3.05, 3.63) is 114 Å². The molecular formula is C44H48IrNO2S-. The summed E-state index contributed by atoms with van der Waals surface area (Å²) in [5.74, 6) is 1.13. The van der Waals surface area contributed by atoms with Gasteiger partial charge in [-0.1, -0.05) is 119 Å². The summed E-state index contributed by atoms with van der Waals surface area (Å²) in [6, 6.07) is 36.1. The Balaban J connectivity index is 0.000000290. The summed E-state index contributed by atoms with van der Waals surface area (Å²) >= 11 is 1.83. The van der Waals surface area contributed by atoms with E-state index in [9.17, 15) is 9.90 Å². The van der Waals surface area contributed by atoms with Crippen LogP contribution in [0.3, 0.4) is 0 Å². The number of para-hydroxylation sites is 1. The van der Waals surface area contributed by atoms with Gasteiger partial charge in [0.1, 0.15) is 0 Å². The molecule has 4 aromatic carbocycles. The van der Waals surface area contributed by atoms with Gasteiger partial charge in [-0.3, -0.25) is 9.78 Å². The molecule has 0 amide bonds. The zero-order valence-electron chi connectivity index (χ0n) is 29.5. The second-order valence-electron chi connectivity index (χ2n) is 13.0. The van der Waals surface area contributed by atoms with Crippen molar-refractivity contribution in [1.82, 2.24) is 4.98 Å². The number of hydrogen-bond acceptors (Lipinski definition) is 4. The van der Waals surface area contributed by atoms with Crippen molar-refractivity contribution in [2.75, 3.05) is 0 Å². The zero-order chi connectivity index (χ0) is 34.2. The van der Waals surface area contributed by atoms with Crippen molar-refractivity contribution in [3.8, 4) is 33.5 Å². The summed E-state index contributed by atoms with van der Waals surface area (Å²) in [6.07, 6.45) is 5.94. The van der Waals surface area contributed by atoms with Gasteiger partial charge in [0.15, 0.2) is 5.78 Å². The molecule has 0 unspecified atom stereocenters. The Bertz CT molecular complexity index is 1910. The van der Waals surface area contributed by atoms with Crippen molar-refractivity contribution in [2.24, 2.45) is 17.8 Å². The van der Waals surface area contributed by atoms with Crippen LogP contribution in [0.5, 0.6) is 0 Å². The standard InChI is InChI=1S/C31H24NS.C13H24O2.Ir/c1-20(2)17-22-19-29(32-28-13-7-5-9-23(22)28)21-15-16-31-27(18-21)25-11-4-3-10-24(25)26-12-6-8-14-30(26)33-31;1-5-10(6-2)12(14)9-13(15)11(7-3)8-4;/h3-14,16,18-20H,17H2,1-2H3;9-11,14H,5-8H2,1-4H3;/q-1;;/b;12-9-;. The second-order valence-corrected chi connectivity index (χ2v) is 14.1. The summed E-state index contributed by atoms with van der Waals surface area (Å²) in [4.78, 5) is 19.3. The molecule has 1 aliphatic rings. The molecule has 6 rings (SSSR count). The summed E-state index contributed by atoms with van der Waals surface area (Å²) in [6.45, 7) is 12.6. The first-order valence-corrected chi connectivity index (χ1v) is 18.3. The van der Waals surface area contributed by atoms with Gasteiger partial charge in [-0.05, 0) is 78.1 Å². The van der Waals surface area contributed by atoms with Crippen LogP contribution in [0.25, 0.3) is 44.4 Å². The summed E-state index contributed by atoms with van der Waals surface area (Å²) < 4.78 is 0. The van der Waals surface area contributed by atoms with Crippen LogP contribution in [0.15, 0.2) is 113 Å². The number of carbonyl (C=O) groups is 1. The molecule has 3 nitrogen and oxygen atoms in total. The van der Waals surface area contributed by atoms with Crippen LogP contribution >= 0.6 is 11.8 Å². The Kier molecular flexibility index (Phi) is 14.0. The van der Waals surface area contributed by atoms with Gasteiger partial charge < -0.3 is 5.11 Å². The maximum Gasteiger partial charge on any atom is 0.162 e. The predicted molar refractivity (Wildman–Crippen MR) is 203 cm³/mol. The van der Waals surface area contributed by atoms with Crippen LogP contribution in [0.4, 0.5) is 0 Å². The van der Waals surface area contributed by atoms with E-state index in [-0.39, 0.29) is 43.5 Å². The maximum atomic E-state index is 11.7. The van der Waals surface area contributed by atoms with E-state index in [1.807, 2.05) is 39.5 Å².